The van der Waals surface area contributed by atoms with Gasteiger partial charge in [-0.15, -0.1) is 0 Å². The van der Waals surface area contributed by atoms with Gasteiger partial charge in [0.15, 0.2) is 0 Å². The van der Waals surface area contributed by atoms with Crippen LogP contribution in [0.5, 0.6) is 5.75 Å². The van der Waals surface area contributed by atoms with E-state index in [1.165, 1.54) is 17.0 Å². The molecule has 1 aliphatic carbocycles. The number of carbonyl (C=O) groups is 2. The van der Waals surface area contributed by atoms with Gasteiger partial charge in [-0.05, 0) is 62.6 Å². The number of hydrogen-bond acceptors (Lipinski definition) is 5. The number of amides is 2. The van der Waals surface area contributed by atoms with Crippen LogP contribution in [0.15, 0.2) is 83.8 Å². The van der Waals surface area contributed by atoms with Crippen LogP contribution in [0.4, 0.5) is 5.69 Å². The first-order valence-corrected chi connectivity index (χ1v) is 15.7. The summed E-state index contributed by atoms with van der Waals surface area (Å²) in [5.41, 5.74) is 0.877. The second-order valence-electron chi connectivity index (χ2n) is 10.0. The Morgan fingerprint density at radius 2 is 1.61 bits per heavy atom. The van der Waals surface area contributed by atoms with Crippen LogP contribution in [-0.4, -0.2) is 50.4 Å². The molecule has 0 aromatic heterocycles. The van der Waals surface area contributed by atoms with E-state index in [4.69, 9.17) is 16.3 Å². The lowest BCUT2D eigenvalue weighted by molar-refractivity contribution is -0.139. The van der Waals surface area contributed by atoms with Crippen LogP contribution in [0.25, 0.3) is 0 Å². The number of benzene rings is 3. The molecule has 2 amide bonds. The van der Waals surface area contributed by atoms with Gasteiger partial charge in [0.05, 0.1) is 17.2 Å². The summed E-state index contributed by atoms with van der Waals surface area (Å²) in [6.45, 7) is 3.25. The Labute approximate surface area is 247 Å². The van der Waals surface area contributed by atoms with Crippen molar-refractivity contribution in [1.29, 1.82) is 0 Å². The highest BCUT2D eigenvalue weighted by molar-refractivity contribution is 7.92. The first-order valence-electron chi connectivity index (χ1n) is 13.8. The molecule has 0 bridgehead atoms. The predicted molar refractivity (Wildman–Crippen MR) is 160 cm³/mol. The zero-order valence-corrected chi connectivity index (χ0v) is 24.9. The second-order valence-corrected chi connectivity index (χ2v) is 12.3. The number of hydrogen-bond donors (Lipinski definition) is 1. The standard InChI is InChI=1S/C31H36ClN3O5S/c1-3-40-29-20-12-11-19-28(29)35(41(38,39)26-16-5-4-6-17-26)22-30(36)34(21-24-13-7-10-18-27(24)32)23(2)31(37)33-25-14-8-9-15-25/h4-7,10-13,16-20,23,25H,3,8-9,14-15,21-22H2,1-2H3,(H,33,37)/t23-/m0/s1. The van der Waals surface area contributed by atoms with E-state index >= 15 is 0 Å². The Hall–Kier alpha value is -3.56. The number of para-hydroxylation sites is 2. The van der Waals surface area contributed by atoms with Crippen LogP contribution in [0, 0.1) is 0 Å². The fraction of sp³-hybridized carbons (Fsp3) is 0.355. The summed E-state index contributed by atoms with van der Waals surface area (Å²) < 4.78 is 34.8. The number of ether oxygens (including phenoxy) is 1. The molecular formula is C31H36ClN3O5S. The van der Waals surface area contributed by atoms with Crippen LogP contribution in [0.1, 0.15) is 45.1 Å². The Kier molecular flexibility index (Phi) is 10.3. The summed E-state index contributed by atoms with van der Waals surface area (Å²) in [7, 11) is -4.19. The lowest BCUT2D eigenvalue weighted by Gasteiger charge is -2.33. The molecule has 41 heavy (non-hydrogen) atoms. The molecule has 1 atom stereocenters. The van der Waals surface area contributed by atoms with Crippen molar-refractivity contribution in [3.63, 3.8) is 0 Å². The lowest BCUT2D eigenvalue weighted by atomic mass is 10.1. The van der Waals surface area contributed by atoms with Gasteiger partial charge in [-0.25, -0.2) is 8.42 Å². The molecule has 0 unspecified atom stereocenters. The Morgan fingerprint density at radius 1 is 0.976 bits per heavy atom. The fourth-order valence-electron chi connectivity index (χ4n) is 4.96. The Bertz CT molecular complexity index is 1440. The van der Waals surface area contributed by atoms with Crippen molar-refractivity contribution in [3.8, 4) is 5.75 Å². The van der Waals surface area contributed by atoms with Crippen LogP contribution < -0.4 is 14.4 Å². The van der Waals surface area contributed by atoms with Crippen LogP contribution in [-0.2, 0) is 26.2 Å². The highest BCUT2D eigenvalue weighted by Gasteiger charge is 2.34. The van der Waals surface area contributed by atoms with E-state index in [-0.39, 0.29) is 29.1 Å². The molecule has 1 aliphatic rings. The molecule has 0 radical (unpaired) electrons. The molecule has 10 heteroatoms. The molecular weight excluding hydrogens is 562 g/mol. The molecule has 0 spiro atoms. The molecule has 0 saturated heterocycles. The zero-order valence-electron chi connectivity index (χ0n) is 23.3. The van der Waals surface area contributed by atoms with Gasteiger partial charge in [-0.2, -0.15) is 0 Å². The van der Waals surface area contributed by atoms with E-state index in [9.17, 15) is 18.0 Å². The van der Waals surface area contributed by atoms with Crippen molar-refractivity contribution in [3.05, 3.63) is 89.4 Å². The van der Waals surface area contributed by atoms with Gasteiger partial charge in [0.1, 0.15) is 18.3 Å². The lowest BCUT2D eigenvalue weighted by Crippen LogP contribution is -2.52. The van der Waals surface area contributed by atoms with Gasteiger partial charge < -0.3 is 15.0 Å². The summed E-state index contributed by atoms with van der Waals surface area (Å²) in [4.78, 5) is 28.9. The van der Waals surface area contributed by atoms with E-state index in [1.807, 2.05) is 0 Å². The van der Waals surface area contributed by atoms with Crippen LogP contribution in [0.3, 0.4) is 0 Å². The maximum Gasteiger partial charge on any atom is 0.264 e. The molecule has 4 rings (SSSR count). The van der Waals surface area contributed by atoms with E-state index in [1.54, 1.807) is 80.6 Å². The number of rotatable bonds is 12. The highest BCUT2D eigenvalue weighted by atomic mass is 35.5. The van der Waals surface area contributed by atoms with Crippen molar-refractivity contribution in [2.24, 2.45) is 0 Å². The minimum Gasteiger partial charge on any atom is -0.492 e. The Morgan fingerprint density at radius 3 is 2.29 bits per heavy atom. The number of sulfonamides is 1. The van der Waals surface area contributed by atoms with E-state index in [2.05, 4.69) is 5.32 Å². The van der Waals surface area contributed by atoms with Gasteiger partial charge in [0.25, 0.3) is 10.0 Å². The number of nitrogens with zero attached hydrogens (tertiary/aromatic N) is 2. The zero-order chi connectivity index (χ0) is 29.4. The van der Waals surface area contributed by atoms with E-state index in [0.29, 0.717) is 22.9 Å². The summed E-state index contributed by atoms with van der Waals surface area (Å²) in [6.07, 6.45) is 3.89. The monoisotopic (exact) mass is 597 g/mol. The third-order valence-corrected chi connectivity index (χ3v) is 9.35. The topological polar surface area (TPSA) is 96.0 Å². The number of anilines is 1. The summed E-state index contributed by atoms with van der Waals surface area (Å²) in [5.74, 6) is -0.513. The van der Waals surface area contributed by atoms with Gasteiger partial charge in [-0.1, -0.05) is 73.0 Å². The quantitative estimate of drug-likeness (QED) is 0.301. The first kappa shape index (κ1) is 30.4. The van der Waals surface area contributed by atoms with Crippen molar-refractivity contribution in [1.82, 2.24) is 10.2 Å². The highest BCUT2D eigenvalue weighted by Crippen LogP contribution is 2.33. The Balaban J connectivity index is 1.72. The fourth-order valence-corrected chi connectivity index (χ4v) is 6.60. The second kappa shape index (κ2) is 13.9. The average Bonchev–Trinajstić information content (AvgIpc) is 3.49. The number of carbonyl (C=O) groups excluding carboxylic acids is 2. The van der Waals surface area contributed by atoms with Crippen molar-refractivity contribution < 1.29 is 22.7 Å². The maximum absolute atomic E-state index is 14.1. The minimum absolute atomic E-state index is 0.0313. The average molecular weight is 598 g/mol. The van der Waals surface area contributed by atoms with Gasteiger partial charge in [0.2, 0.25) is 11.8 Å². The summed E-state index contributed by atoms with van der Waals surface area (Å²) in [5, 5.41) is 3.51. The number of halogens is 1. The predicted octanol–water partition coefficient (Wildman–Crippen LogP) is 5.41. The van der Waals surface area contributed by atoms with Crippen LogP contribution >= 0.6 is 11.6 Å². The smallest absolute Gasteiger partial charge is 0.264 e. The molecule has 1 fully saturated rings. The van der Waals surface area contributed by atoms with Crippen LogP contribution in [0.2, 0.25) is 5.02 Å². The van der Waals surface area contributed by atoms with E-state index in [0.717, 1.165) is 30.0 Å². The summed E-state index contributed by atoms with van der Waals surface area (Å²) in [6, 6.07) is 20.9. The largest absolute Gasteiger partial charge is 0.492 e. The summed E-state index contributed by atoms with van der Waals surface area (Å²) >= 11 is 6.44. The molecule has 1 N–H and O–H groups in total. The first-order chi connectivity index (χ1) is 19.7. The molecule has 3 aromatic carbocycles. The van der Waals surface area contributed by atoms with Crippen molar-refractivity contribution in [2.45, 2.75) is 63.1 Å². The van der Waals surface area contributed by atoms with Crippen molar-refractivity contribution >= 4 is 39.1 Å². The SMILES string of the molecule is CCOc1ccccc1N(CC(=O)N(Cc1ccccc1Cl)[C@@H](C)C(=O)NC1CCCC1)S(=O)(=O)c1ccccc1. The van der Waals surface area contributed by atoms with Gasteiger partial charge >= 0.3 is 0 Å². The third kappa shape index (κ3) is 7.40. The molecule has 218 valence electrons. The molecule has 0 heterocycles. The molecule has 3 aromatic rings. The minimum atomic E-state index is -4.19. The molecule has 0 aliphatic heterocycles. The molecule has 8 nitrogen and oxygen atoms in total. The maximum atomic E-state index is 14.1. The normalized spacial score (nSPS) is 14.3. The number of nitrogens with one attached hydrogen (secondary N) is 1. The van der Waals surface area contributed by atoms with E-state index < -0.39 is 28.5 Å². The van der Waals surface area contributed by atoms with Crippen molar-refractivity contribution in [2.75, 3.05) is 17.5 Å². The third-order valence-electron chi connectivity index (χ3n) is 7.21. The molecule has 1 saturated carbocycles. The van der Waals surface area contributed by atoms with Gasteiger partial charge in [0, 0.05) is 17.6 Å². The van der Waals surface area contributed by atoms with Gasteiger partial charge in [-0.3, -0.25) is 13.9 Å².